The Morgan fingerprint density at radius 3 is 3.05 bits per heavy atom. The number of thiophene rings is 1. The van der Waals surface area contributed by atoms with Crippen LogP contribution in [0.5, 0.6) is 0 Å². The molecule has 2 atom stereocenters. The second kappa shape index (κ2) is 5.07. The molecule has 20 heavy (non-hydrogen) atoms. The van der Waals surface area contributed by atoms with Crippen molar-refractivity contribution in [3.05, 3.63) is 29.1 Å². The first-order valence-electron chi connectivity index (χ1n) is 6.81. The summed E-state index contributed by atoms with van der Waals surface area (Å²) in [6.45, 7) is 2.84. The largest absolute Gasteiger partial charge is 0.399 e. The van der Waals surface area contributed by atoms with Crippen LogP contribution in [0.3, 0.4) is 0 Å². The van der Waals surface area contributed by atoms with Gasteiger partial charge in [0, 0.05) is 16.9 Å². The molecule has 1 fully saturated rings. The van der Waals surface area contributed by atoms with E-state index in [1.165, 1.54) is 11.3 Å². The lowest BCUT2D eigenvalue weighted by atomic mass is 10.0. The molecule has 106 valence electrons. The summed E-state index contributed by atoms with van der Waals surface area (Å²) in [5.74, 6) is 0.377. The first-order valence-corrected chi connectivity index (χ1v) is 7.62. The van der Waals surface area contributed by atoms with Crippen molar-refractivity contribution in [2.45, 2.75) is 19.4 Å². The van der Waals surface area contributed by atoms with Crippen molar-refractivity contribution in [2.24, 2.45) is 5.92 Å². The molecule has 3 N–H and O–H groups in total. The van der Waals surface area contributed by atoms with Gasteiger partial charge in [-0.2, -0.15) is 0 Å². The number of likely N-dealkylation sites (tertiary alicyclic amines) is 1. The van der Waals surface area contributed by atoms with Crippen molar-refractivity contribution < 1.29 is 9.90 Å². The Balaban J connectivity index is 1.92. The van der Waals surface area contributed by atoms with E-state index in [1.807, 2.05) is 24.3 Å². The minimum Gasteiger partial charge on any atom is -0.399 e. The highest BCUT2D eigenvalue weighted by Crippen LogP contribution is 2.31. The Bertz CT molecular complexity index is 652. The highest BCUT2D eigenvalue weighted by molar-refractivity contribution is 7.20. The maximum atomic E-state index is 12.6. The average molecular weight is 290 g/mol. The molecule has 1 aliphatic rings. The summed E-state index contributed by atoms with van der Waals surface area (Å²) in [5, 5.41) is 10.5. The van der Waals surface area contributed by atoms with Gasteiger partial charge in [-0.05, 0) is 42.0 Å². The number of nitrogens with zero attached hydrogens (tertiary/aromatic N) is 1. The summed E-state index contributed by atoms with van der Waals surface area (Å²) < 4.78 is 1.07. The number of nitrogen functional groups attached to an aromatic ring is 1. The number of amides is 1. The Kier molecular flexibility index (Phi) is 3.40. The van der Waals surface area contributed by atoms with Crippen LogP contribution >= 0.6 is 11.3 Å². The number of fused-ring (bicyclic) bond motifs is 1. The Labute approximate surface area is 121 Å². The fourth-order valence-electron chi connectivity index (χ4n) is 2.85. The zero-order chi connectivity index (χ0) is 14.3. The lowest BCUT2D eigenvalue weighted by Crippen LogP contribution is -2.39. The summed E-state index contributed by atoms with van der Waals surface area (Å²) in [6, 6.07) is 7.52. The zero-order valence-electron chi connectivity index (χ0n) is 11.4. The third-order valence-corrected chi connectivity index (χ3v) is 5.19. The number of hydrogen-bond acceptors (Lipinski definition) is 4. The highest BCUT2D eigenvalue weighted by atomic mass is 32.1. The van der Waals surface area contributed by atoms with Crippen LogP contribution in [-0.4, -0.2) is 35.1 Å². The number of rotatable bonds is 2. The predicted molar refractivity (Wildman–Crippen MR) is 81.9 cm³/mol. The van der Waals surface area contributed by atoms with Crippen LogP contribution in [0.1, 0.15) is 23.0 Å². The Morgan fingerprint density at radius 2 is 2.30 bits per heavy atom. The molecule has 0 bridgehead atoms. The topological polar surface area (TPSA) is 66.6 Å². The standard InChI is InChI=1S/C15H18N2O2S/c1-9-4-5-17(12(9)8-18)15(19)14-7-10-6-11(16)2-3-13(10)20-14/h2-3,6-7,9,12,18H,4-5,8,16H2,1H3. The molecule has 1 aromatic carbocycles. The molecule has 0 saturated carbocycles. The highest BCUT2D eigenvalue weighted by Gasteiger charge is 2.34. The van der Waals surface area contributed by atoms with Crippen LogP contribution in [0, 0.1) is 5.92 Å². The van der Waals surface area contributed by atoms with Crippen LogP contribution in [0.25, 0.3) is 10.1 Å². The van der Waals surface area contributed by atoms with Gasteiger partial charge in [-0.3, -0.25) is 4.79 Å². The number of aliphatic hydroxyl groups is 1. The molecule has 2 unspecified atom stereocenters. The third kappa shape index (κ3) is 2.17. The summed E-state index contributed by atoms with van der Waals surface area (Å²) in [6.07, 6.45) is 0.953. The second-order valence-electron chi connectivity index (χ2n) is 5.42. The smallest absolute Gasteiger partial charge is 0.264 e. The molecule has 0 radical (unpaired) electrons. The average Bonchev–Trinajstić information content (AvgIpc) is 3.00. The minimum atomic E-state index is -0.0576. The van der Waals surface area contributed by atoms with E-state index in [-0.39, 0.29) is 18.6 Å². The van der Waals surface area contributed by atoms with E-state index < -0.39 is 0 Å². The van der Waals surface area contributed by atoms with Gasteiger partial charge in [0.25, 0.3) is 5.91 Å². The number of anilines is 1. The molecule has 3 rings (SSSR count). The van der Waals surface area contributed by atoms with Gasteiger partial charge in [0.05, 0.1) is 17.5 Å². The van der Waals surface area contributed by atoms with Gasteiger partial charge < -0.3 is 15.7 Å². The molecular weight excluding hydrogens is 272 g/mol. The fourth-order valence-corrected chi connectivity index (χ4v) is 3.85. The lowest BCUT2D eigenvalue weighted by Gasteiger charge is -2.24. The first kappa shape index (κ1) is 13.4. The van der Waals surface area contributed by atoms with Crippen LogP contribution in [0.2, 0.25) is 0 Å². The number of hydrogen-bond donors (Lipinski definition) is 2. The molecule has 4 nitrogen and oxygen atoms in total. The van der Waals surface area contributed by atoms with Gasteiger partial charge in [-0.15, -0.1) is 11.3 Å². The number of carbonyl (C=O) groups is 1. The Morgan fingerprint density at radius 1 is 1.50 bits per heavy atom. The SMILES string of the molecule is CC1CCN(C(=O)c2cc3cc(N)ccc3s2)C1CO. The number of carbonyl (C=O) groups excluding carboxylic acids is 1. The van der Waals surface area contributed by atoms with E-state index in [2.05, 4.69) is 6.92 Å². The van der Waals surface area contributed by atoms with Crippen molar-refractivity contribution in [3.8, 4) is 0 Å². The van der Waals surface area contributed by atoms with Crippen LogP contribution < -0.4 is 5.73 Å². The molecule has 0 aliphatic carbocycles. The molecule has 1 aromatic heterocycles. The summed E-state index contributed by atoms with van der Waals surface area (Å²) >= 11 is 1.49. The molecule has 2 aromatic rings. The molecule has 1 aliphatic heterocycles. The molecule has 1 amide bonds. The molecule has 2 heterocycles. The molecule has 5 heteroatoms. The van der Waals surface area contributed by atoms with Crippen molar-refractivity contribution in [1.29, 1.82) is 0 Å². The van der Waals surface area contributed by atoms with Crippen molar-refractivity contribution in [2.75, 3.05) is 18.9 Å². The van der Waals surface area contributed by atoms with Gasteiger partial charge in [0.2, 0.25) is 0 Å². The molecule has 0 spiro atoms. The number of benzene rings is 1. The van der Waals surface area contributed by atoms with Crippen LogP contribution in [-0.2, 0) is 0 Å². The summed E-state index contributed by atoms with van der Waals surface area (Å²) in [5.41, 5.74) is 6.48. The van der Waals surface area contributed by atoms with Crippen molar-refractivity contribution in [3.63, 3.8) is 0 Å². The van der Waals surface area contributed by atoms with E-state index in [9.17, 15) is 9.90 Å². The van der Waals surface area contributed by atoms with Gasteiger partial charge in [0.1, 0.15) is 0 Å². The van der Waals surface area contributed by atoms with Gasteiger partial charge in [-0.25, -0.2) is 0 Å². The van der Waals surface area contributed by atoms with E-state index in [4.69, 9.17) is 5.73 Å². The van der Waals surface area contributed by atoms with Crippen LogP contribution in [0.15, 0.2) is 24.3 Å². The van der Waals surface area contributed by atoms with Gasteiger partial charge in [0.15, 0.2) is 0 Å². The quantitative estimate of drug-likeness (QED) is 0.834. The predicted octanol–water partition coefficient (Wildman–Crippen LogP) is 2.33. The van der Waals surface area contributed by atoms with E-state index in [0.29, 0.717) is 11.6 Å². The maximum absolute atomic E-state index is 12.6. The van der Waals surface area contributed by atoms with E-state index >= 15 is 0 Å². The minimum absolute atomic E-state index is 0.0215. The monoisotopic (exact) mass is 290 g/mol. The van der Waals surface area contributed by atoms with Crippen LogP contribution in [0.4, 0.5) is 5.69 Å². The maximum Gasteiger partial charge on any atom is 0.264 e. The summed E-state index contributed by atoms with van der Waals surface area (Å²) in [4.78, 5) is 15.1. The fraction of sp³-hybridized carbons (Fsp3) is 0.400. The normalized spacial score (nSPS) is 22.6. The lowest BCUT2D eigenvalue weighted by molar-refractivity contribution is 0.0653. The third-order valence-electron chi connectivity index (χ3n) is 4.08. The van der Waals surface area contributed by atoms with E-state index in [1.54, 1.807) is 4.90 Å². The van der Waals surface area contributed by atoms with E-state index in [0.717, 1.165) is 27.9 Å². The Hall–Kier alpha value is -1.59. The van der Waals surface area contributed by atoms with Gasteiger partial charge >= 0.3 is 0 Å². The molecule has 1 saturated heterocycles. The van der Waals surface area contributed by atoms with Crippen molar-refractivity contribution >= 4 is 33.0 Å². The number of aliphatic hydroxyl groups excluding tert-OH is 1. The molecular formula is C15H18N2O2S. The van der Waals surface area contributed by atoms with Gasteiger partial charge in [-0.1, -0.05) is 6.92 Å². The second-order valence-corrected chi connectivity index (χ2v) is 6.51. The van der Waals surface area contributed by atoms with Crippen molar-refractivity contribution in [1.82, 2.24) is 4.90 Å². The first-order chi connectivity index (χ1) is 9.60. The zero-order valence-corrected chi connectivity index (χ0v) is 12.2. The summed E-state index contributed by atoms with van der Waals surface area (Å²) in [7, 11) is 0. The number of nitrogens with two attached hydrogens (primary N) is 1.